The van der Waals surface area contributed by atoms with Crippen LogP contribution >= 0.6 is 23.4 Å². The molecule has 0 aliphatic carbocycles. The van der Waals surface area contributed by atoms with Crippen LogP contribution in [-0.2, 0) is 9.53 Å². The van der Waals surface area contributed by atoms with E-state index < -0.39 is 0 Å². The molecule has 1 amide bonds. The number of hydrogen-bond donors (Lipinski definition) is 1. The molecule has 2 fully saturated rings. The predicted molar refractivity (Wildman–Crippen MR) is 76.3 cm³/mol. The van der Waals surface area contributed by atoms with Crippen molar-refractivity contribution in [2.24, 2.45) is 5.92 Å². The molecule has 2 rings (SSSR count). The normalized spacial score (nSPS) is 24.7. The highest BCUT2D eigenvalue weighted by atomic mass is 35.5. The van der Waals surface area contributed by atoms with E-state index in [1.165, 1.54) is 24.3 Å². The fourth-order valence-electron chi connectivity index (χ4n) is 2.61. The minimum absolute atomic E-state index is 0.175. The first kappa shape index (κ1) is 14.5. The van der Waals surface area contributed by atoms with Gasteiger partial charge in [-0.25, -0.2) is 0 Å². The van der Waals surface area contributed by atoms with Gasteiger partial charge in [-0.05, 0) is 43.1 Å². The van der Waals surface area contributed by atoms with E-state index in [9.17, 15) is 4.79 Å². The topological polar surface area (TPSA) is 38.3 Å². The van der Waals surface area contributed by atoms with Gasteiger partial charge in [-0.3, -0.25) is 4.79 Å². The van der Waals surface area contributed by atoms with Crippen molar-refractivity contribution in [3.63, 3.8) is 0 Å². The Morgan fingerprint density at radius 3 is 2.61 bits per heavy atom. The molecule has 0 aromatic rings. The third kappa shape index (κ3) is 4.04. The quantitative estimate of drug-likeness (QED) is 0.809. The summed E-state index contributed by atoms with van der Waals surface area (Å²) in [6, 6.07) is 0. The van der Waals surface area contributed by atoms with Crippen molar-refractivity contribution in [3.8, 4) is 0 Å². The first-order valence-electron chi connectivity index (χ1n) is 6.77. The standard InChI is InChI=1S/C13H22ClNO2S/c14-10-13(3-5-17-6-4-13)15-12(16)9-11-1-7-18-8-2-11/h11H,1-10H2,(H,15,16). The van der Waals surface area contributed by atoms with E-state index >= 15 is 0 Å². The molecule has 2 aliphatic heterocycles. The minimum atomic E-state index is -0.222. The van der Waals surface area contributed by atoms with Crippen molar-refractivity contribution in [2.75, 3.05) is 30.6 Å². The molecule has 1 N–H and O–H groups in total. The second-order valence-electron chi connectivity index (χ2n) is 5.33. The van der Waals surface area contributed by atoms with E-state index in [-0.39, 0.29) is 11.4 Å². The Morgan fingerprint density at radius 2 is 2.00 bits per heavy atom. The molecule has 0 saturated carbocycles. The summed E-state index contributed by atoms with van der Waals surface area (Å²) in [4.78, 5) is 12.1. The lowest BCUT2D eigenvalue weighted by atomic mass is 9.91. The van der Waals surface area contributed by atoms with Crippen LogP contribution in [0.4, 0.5) is 0 Å². The number of hydrogen-bond acceptors (Lipinski definition) is 3. The third-order valence-electron chi connectivity index (χ3n) is 3.93. The monoisotopic (exact) mass is 291 g/mol. The van der Waals surface area contributed by atoms with E-state index in [4.69, 9.17) is 16.3 Å². The van der Waals surface area contributed by atoms with E-state index in [0.29, 0.717) is 31.4 Å². The number of nitrogens with one attached hydrogen (secondary N) is 1. The molecular weight excluding hydrogens is 270 g/mol. The molecule has 18 heavy (non-hydrogen) atoms. The first-order valence-corrected chi connectivity index (χ1v) is 8.45. The van der Waals surface area contributed by atoms with Crippen molar-refractivity contribution in [3.05, 3.63) is 0 Å². The van der Waals surface area contributed by atoms with E-state index in [1.54, 1.807) is 0 Å². The Balaban J connectivity index is 1.81. The van der Waals surface area contributed by atoms with Gasteiger partial charge in [0.15, 0.2) is 0 Å². The van der Waals surface area contributed by atoms with Crippen LogP contribution in [0.3, 0.4) is 0 Å². The average Bonchev–Trinajstić information content (AvgIpc) is 2.41. The van der Waals surface area contributed by atoms with Crippen molar-refractivity contribution >= 4 is 29.3 Å². The number of carbonyl (C=O) groups excluding carboxylic acids is 1. The van der Waals surface area contributed by atoms with Crippen LogP contribution in [-0.4, -0.2) is 42.0 Å². The van der Waals surface area contributed by atoms with E-state index in [0.717, 1.165) is 12.8 Å². The van der Waals surface area contributed by atoms with Crippen molar-refractivity contribution in [1.82, 2.24) is 5.32 Å². The zero-order chi connectivity index (χ0) is 12.8. The molecule has 0 atom stereocenters. The van der Waals surface area contributed by atoms with Gasteiger partial charge in [-0.15, -0.1) is 11.6 Å². The van der Waals surface area contributed by atoms with Crippen molar-refractivity contribution in [2.45, 2.75) is 37.6 Å². The number of alkyl halides is 1. The van der Waals surface area contributed by atoms with Crippen LogP contribution in [0.15, 0.2) is 0 Å². The van der Waals surface area contributed by atoms with Crippen molar-refractivity contribution in [1.29, 1.82) is 0 Å². The van der Waals surface area contributed by atoms with Crippen LogP contribution in [0, 0.1) is 5.92 Å². The highest BCUT2D eigenvalue weighted by Gasteiger charge is 2.33. The first-order chi connectivity index (χ1) is 8.74. The third-order valence-corrected chi connectivity index (χ3v) is 5.49. The van der Waals surface area contributed by atoms with Crippen LogP contribution in [0.2, 0.25) is 0 Å². The van der Waals surface area contributed by atoms with Gasteiger partial charge in [0, 0.05) is 25.5 Å². The summed E-state index contributed by atoms with van der Waals surface area (Å²) < 4.78 is 5.35. The Labute approximate surface area is 118 Å². The van der Waals surface area contributed by atoms with Gasteiger partial charge in [0.2, 0.25) is 5.91 Å². The second kappa shape index (κ2) is 7.01. The predicted octanol–water partition coefficient (Wildman–Crippen LogP) is 2.42. The van der Waals surface area contributed by atoms with Crippen LogP contribution in [0.5, 0.6) is 0 Å². The van der Waals surface area contributed by atoms with Gasteiger partial charge < -0.3 is 10.1 Å². The molecule has 0 aromatic heterocycles. The summed E-state index contributed by atoms with van der Waals surface area (Å²) in [6.07, 6.45) is 4.69. The van der Waals surface area contributed by atoms with Gasteiger partial charge in [0.1, 0.15) is 0 Å². The van der Waals surface area contributed by atoms with Crippen LogP contribution in [0.25, 0.3) is 0 Å². The Kier molecular flexibility index (Phi) is 5.64. The lowest BCUT2D eigenvalue weighted by molar-refractivity contribution is -0.124. The summed E-state index contributed by atoms with van der Waals surface area (Å²) >= 11 is 8.05. The summed E-state index contributed by atoms with van der Waals surface area (Å²) in [6.45, 7) is 1.40. The maximum absolute atomic E-state index is 12.1. The highest BCUT2D eigenvalue weighted by molar-refractivity contribution is 7.99. The molecule has 0 radical (unpaired) electrons. The molecule has 104 valence electrons. The Hall–Kier alpha value is 0.0700. The summed E-state index contributed by atoms with van der Waals surface area (Å²) in [5, 5.41) is 3.17. The van der Waals surface area contributed by atoms with Gasteiger partial charge >= 0.3 is 0 Å². The van der Waals surface area contributed by atoms with Crippen LogP contribution < -0.4 is 5.32 Å². The SMILES string of the molecule is O=C(CC1CCSCC1)NC1(CCl)CCOCC1. The fourth-order valence-corrected chi connectivity index (χ4v) is 4.15. The average molecular weight is 292 g/mol. The maximum Gasteiger partial charge on any atom is 0.220 e. The molecule has 0 spiro atoms. The fraction of sp³-hybridized carbons (Fsp3) is 0.923. The zero-order valence-electron chi connectivity index (χ0n) is 10.8. The Bertz CT molecular complexity index is 276. The number of halogens is 1. The molecular formula is C13H22ClNO2S. The molecule has 2 saturated heterocycles. The van der Waals surface area contributed by atoms with E-state index in [2.05, 4.69) is 5.32 Å². The lowest BCUT2D eigenvalue weighted by Crippen LogP contribution is -2.53. The number of ether oxygens (including phenoxy) is 1. The summed E-state index contributed by atoms with van der Waals surface area (Å²) in [7, 11) is 0. The number of amides is 1. The molecule has 2 aliphatic rings. The minimum Gasteiger partial charge on any atom is -0.381 e. The smallest absolute Gasteiger partial charge is 0.220 e. The summed E-state index contributed by atoms with van der Waals surface area (Å²) in [5.74, 6) is 3.63. The van der Waals surface area contributed by atoms with Gasteiger partial charge in [0.05, 0.1) is 5.54 Å². The van der Waals surface area contributed by atoms with Gasteiger partial charge in [-0.1, -0.05) is 0 Å². The van der Waals surface area contributed by atoms with Gasteiger partial charge in [0.25, 0.3) is 0 Å². The number of carbonyl (C=O) groups is 1. The maximum atomic E-state index is 12.1. The molecule has 3 nitrogen and oxygen atoms in total. The molecule has 2 heterocycles. The van der Waals surface area contributed by atoms with Crippen LogP contribution in [0.1, 0.15) is 32.1 Å². The molecule has 5 heteroatoms. The molecule has 0 unspecified atom stereocenters. The van der Waals surface area contributed by atoms with E-state index in [1.807, 2.05) is 11.8 Å². The number of thioether (sulfide) groups is 1. The van der Waals surface area contributed by atoms with Gasteiger partial charge in [-0.2, -0.15) is 11.8 Å². The molecule has 0 aromatic carbocycles. The Morgan fingerprint density at radius 1 is 1.33 bits per heavy atom. The number of rotatable bonds is 4. The zero-order valence-corrected chi connectivity index (χ0v) is 12.3. The van der Waals surface area contributed by atoms with Crippen molar-refractivity contribution < 1.29 is 9.53 Å². The summed E-state index contributed by atoms with van der Waals surface area (Å²) in [5.41, 5.74) is -0.222. The largest absolute Gasteiger partial charge is 0.381 e. The lowest BCUT2D eigenvalue weighted by Gasteiger charge is -2.36. The highest BCUT2D eigenvalue weighted by Crippen LogP contribution is 2.27. The molecule has 0 bridgehead atoms. The second-order valence-corrected chi connectivity index (χ2v) is 6.83.